The fourth-order valence-corrected chi connectivity index (χ4v) is 3.60. The number of sulfonamides is 1. The number of amides is 1. The predicted molar refractivity (Wildman–Crippen MR) is 104 cm³/mol. The fourth-order valence-electron chi connectivity index (χ4n) is 2.58. The van der Waals surface area contributed by atoms with Crippen LogP contribution in [0, 0.1) is 0 Å². The first-order valence-electron chi connectivity index (χ1n) is 8.62. The second kappa shape index (κ2) is 8.61. The molecule has 0 unspecified atom stereocenters. The Kier molecular flexibility index (Phi) is 6.15. The first-order chi connectivity index (χ1) is 14.2. The number of hydrogen-bond acceptors (Lipinski definition) is 8. The van der Waals surface area contributed by atoms with Gasteiger partial charge >= 0.3 is 5.97 Å². The summed E-state index contributed by atoms with van der Waals surface area (Å²) in [5, 5.41) is 2.59. The van der Waals surface area contributed by atoms with Crippen molar-refractivity contribution in [3.8, 4) is 5.75 Å². The van der Waals surface area contributed by atoms with E-state index in [-0.39, 0.29) is 28.5 Å². The van der Waals surface area contributed by atoms with Gasteiger partial charge in [-0.25, -0.2) is 13.2 Å². The molecule has 0 radical (unpaired) electrons. The third-order valence-electron chi connectivity index (χ3n) is 4.23. The number of benzene rings is 2. The quantitative estimate of drug-likeness (QED) is 0.392. The van der Waals surface area contributed by atoms with Gasteiger partial charge in [0.05, 0.1) is 23.3 Å². The van der Waals surface area contributed by atoms with Gasteiger partial charge in [0, 0.05) is 12.6 Å². The molecule has 1 aliphatic rings. The highest BCUT2D eigenvalue weighted by molar-refractivity contribution is 7.89. The topological polar surface area (TPSA) is 128 Å². The van der Waals surface area contributed by atoms with Crippen molar-refractivity contribution in [3.05, 3.63) is 53.6 Å². The lowest BCUT2D eigenvalue weighted by Crippen LogP contribution is -2.26. The van der Waals surface area contributed by atoms with Crippen LogP contribution in [0.15, 0.2) is 47.4 Å². The van der Waals surface area contributed by atoms with Crippen LogP contribution in [0.25, 0.3) is 0 Å². The van der Waals surface area contributed by atoms with Crippen LogP contribution in [-0.2, 0) is 24.4 Å². The molecule has 1 N–H and O–H groups in total. The van der Waals surface area contributed by atoms with Crippen LogP contribution in [-0.4, -0.2) is 57.9 Å². The Morgan fingerprint density at radius 2 is 1.93 bits per heavy atom. The number of carbonyl (C=O) groups is 3. The van der Waals surface area contributed by atoms with Crippen LogP contribution < -0.4 is 10.1 Å². The van der Waals surface area contributed by atoms with Crippen molar-refractivity contribution in [3.63, 3.8) is 0 Å². The lowest BCUT2D eigenvalue weighted by Gasteiger charge is -2.18. The number of hydroxylamine groups is 1. The van der Waals surface area contributed by atoms with Gasteiger partial charge in [-0.15, -0.1) is 0 Å². The van der Waals surface area contributed by atoms with Crippen molar-refractivity contribution < 1.29 is 37.1 Å². The van der Waals surface area contributed by atoms with E-state index in [1.807, 2.05) is 0 Å². The lowest BCUT2D eigenvalue weighted by molar-refractivity contribution is -0.118. The van der Waals surface area contributed by atoms with Gasteiger partial charge in [-0.1, -0.05) is 10.5 Å². The molecule has 0 aromatic heterocycles. The van der Waals surface area contributed by atoms with Crippen LogP contribution in [0.3, 0.4) is 0 Å². The third-order valence-corrected chi connectivity index (χ3v) is 5.91. The van der Waals surface area contributed by atoms with E-state index in [0.717, 1.165) is 6.07 Å². The standard InChI is InChI=1S/C19H18N2O8S/c1-21(27-2)30(25,26)14-5-3-4-13(8-14)19(24)29-10-16(22)12-6-7-17-15(9-12)20-18(23)11-28-17/h3-9H,10-11H2,1-2H3,(H,20,23). The third kappa shape index (κ3) is 4.48. The molecule has 2 aromatic rings. The molecule has 158 valence electrons. The molecule has 0 bridgehead atoms. The highest BCUT2D eigenvalue weighted by atomic mass is 32.2. The molecule has 10 nitrogen and oxygen atoms in total. The number of nitrogens with one attached hydrogen (secondary N) is 1. The summed E-state index contributed by atoms with van der Waals surface area (Å²) >= 11 is 0. The number of rotatable bonds is 7. The minimum atomic E-state index is -3.94. The Labute approximate surface area is 172 Å². The number of hydrogen-bond donors (Lipinski definition) is 1. The normalized spacial score (nSPS) is 13.2. The second-order valence-electron chi connectivity index (χ2n) is 6.17. The summed E-state index contributed by atoms with van der Waals surface area (Å²) in [5.74, 6) is -1.28. The molecule has 2 aromatic carbocycles. The Hall–Kier alpha value is -3.28. The number of esters is 1. The van der Waals surface area contributed by atoms with Gasteiger partial charge in [0.15, 0.2) is 19.0 Å². The molecule has 0 spiro atoms. The zero-order valence-electron chi connectivity index (χ0n) is 16.1. The largest absolute Gasteiger partial charge is 0.482 e. The summed E-state index contributed by atoms with van der Waals surface area (Å²) in [6, 6.07) is 9.62. The smallest absolute Gasteiger partial charge is 0.338 e. The maximum absolute atomic E-state index is 12.4. The highest BCUT2D eigenvalue weighted by Crippen LogP contribution is 2.28. The van der Waals surface area contributed by atoms with Gasteiger partial charge in [-0.2, -0.15) is 0 Å². The summed E-state index contributed by atoms with van der Waals surface area (Å²) in [7, 11) is -1.54. The van der Waals surface area contributed by atoms with Crippen LogP contribution in [0.5, 0.6) is 5.75 Å². The first-order valence-corrected chi connectivity index (χ1v) is 10.1. The summed E-state index contributed by atoms with van der Waals surface area (Å²) in [6.45, 7) is -0.672. The predicted octanol–water partition coefficient (Wildman–Crippen LogP) is 1.24. The molecule has 11 heteroatoms. The van der Waals surface area contributed by atoms with E-state index in [1.165, 1.54) is 50.6 Å². The summed E-state index contributed by atoms with van der Waals surface area (Å²) < 4.78 is 35.5. The molecule has 3 rings (SSSR count). The van der Waals surface area contributed by atoms with Crippen molar-refractivity contribution in [1.29, 1.82) is 0 Å². The molecule has 0 fully saturated rings. The second-order valence-corrected chi connectivity index (χ2v) is 8.11. The highest BCUT2D eigenvalue weighted by Gasteiger charge is 2.23. The van der Waals surface area contributed by atoms with Gasteiger partial charge in [0.25, 0.3) is 15.9 Å². The molecule has 30 heavy (non-hydrogen) atoms. The lowest BCUT2D eigenvalue weighted by atomic mass is 10.1. The Morgan fingerprint density at radius 1 is 1.17 bits per heavy atom. The van der Waals surface area contributed by atoms with E-state index in [2.05, 4.69) is 5.32 Å². The molecular formula is C19H18N2O8S. The van der Waals surface area contributed by atoms with Crippen LogP contribution in [0.1, 0.15) is 20.7 Å². The fraction of sp³-hybridized carbons (Fsp3) is 0.211. The first kappa shape index (κ1) is 21.4. The molecule has 0 atom stereocenters. The molecule has 1 amide bonds. The number of ketones is 1. The number of nitrogens with zero attached hydrogens (tertiary/aromatic N) is 1. The summed E-state index contributed by atoms with van der Waals surface area (Å²) in [4.78, 5) is 40.6. The molecule has 1 heterocycles. The number of anilines is 1. The van der Waals surface area contributed by atoms with E-state index in [4.69, 9.17) is 14.3 Å². The average molecular weight is 434 g/mol. The van der Waals surface area contributed by atoms with Gasteiger partial charge in [-0.05, 0) is 36.4 Å². The Morgan fingerprint density at radius 3 is 2.67 bits per heavy atom. The zero-order chi connectivity index (χ0) is 21.9. The monoisotopic (exact) mass is 434 g/mol. The zero-order valence-corrected chi connectivity index (χ0v) is 16.9. The maximum atomic E-state index is 12.4. The van der Waals surface area contributed by atoms with E-state index < -0.39 is 28.4 Å². The van der Waals surface area contributed by atoms with E-state index in [0.29, 0.717) is 15.9 Å². The van der Waals surface area contributed by atoms with Crippen molar-refractivity contribution in [2.24, 2.45) is 0 Å². The minimum absolute atomic E-state index is 0.0421. The number of Topliss-reactive ketones (excluding diaryl/α,β-unsaturated/α-hetero) is 1. The van der Waals surface area contributed by atoms with Crippen LogP contribution in [0.4, 0.5) is 5.69 Å². The van der Waals surface area contributed by atoms with Crippen molar-refractivity contribution in [2.75, 3.05) is 32.7 Å². The van der Waals surface area contributed by atoms with Gasteiger partial charge in [-0.3, -0.25) is 14.4 Å². The number of carbonyl (C=O) groups excluding carboxylic acids is 3. The SMILES string of the molecule is CON(C)S(=O)(=O)c1cccc(C(=O)OCC(=O)c2ccc3c(c2)NC(=O)CO3)c1. The molecule has 0 saturated carbocycles. The number of ether oxygens (including phenoxy) is 2. The molecule has 0 saturated heterocycles. The molecule has 0 aliphatic carbocycles. The van der Waals surface area contributed by atoms with Crippen LogP contribution >= 0.6 is 0 Å². The van der Waals surface area contributed by atoms with E-state index >= 15 is 0 Å². The Balaban J connectivity index is 1.69. The van der Waals surface area contributed by atoms with Crippen LogP contribution in [0.2, 0.25) is 0 Å². The number of fused-ring (bicyclic) bond motifs is 1. The minimum Gasteiger partial charge on any atom is -0.482 e. The average Bonchev–Trinajstić information content (AvgIpc) is 2.76. The van der Waals surface area contributed by atoms with E-state index in [1.54, 1.807) is 0 Å². The van der Waals surface area contributed by atoms with E-state index in [9.17, 15) is 22.8 Å². The van der Waals surface area contributed by atoms with Crippen molar-refractivity contribution in [1.82, 2.24) is 4.47 Å². The Bertz CT molecular complexity index is 1110. The van der Waals surface area contributed by atoms with Crippen molar-refractivity contribution >= 4 is 33.4 Å². The summed E-state index contributed by atoms with van der Waals surface area (Å²) in [6.07, 6.45) is 0. The summed E-state index contributed by atoms with van der Waals surface area (Å²) in [5.41, 5.74) is 0.522. The van der Waals surface area contributed by atoms with Gasteiger partial charge in [0.2, 0.25) is 0 Å². The molecular weight excluding hydrogens is 416 g/mol. The van der Waals surface area contributed by atoms with Crippen molar-refractivity contribution in [2.45, 2.75) is 4.90 Å². The maximum Gasteiger partial charge on any atom is 0.338 e. The van der Waals surface area contributed by atoms with Gasteiger partial charge in [0.1, 0.15) is 5.75 Å². The van der Waals surface area contributed by atoms with Gasteiger partial charge < -0.3 is 14.8 Å². The molecule has 1 aliphatic heterocycles.